The summed E-state index contributed by atoms with van der Waals surface area (Å²) in [5.74, 6) is -3.80. The highest BCUT2D eigenvalue weighted by Gasteiger charge is 2.67. The molecule has 2 amide bonds. The molecule has 1 aliphatic heterocycles. The third-order valence-electron chi connectivity index (χ3n) is 5.46. The summed E-state index contributed by atoms with van der Waals surface area (Å²) in [5.41, 5.74) is 0.390. The van der Waals surface area contributed by atoms with Crippen molar-refractivity contribution in [2.45, 2.75) is 18.6 Å². The first-order valence-electron chi connectivity index (χ1n) is 7.49. The van der Waals surface area contributed by atoms with Crippen molar-refractivity contribution in [2.24, 2.45) is 23.7 Å². The fourth-order valence-corrected chi connectivity index (χ4v) is 4.44. The van der Waals surface area contributed by atoms with Gasteiger partial charge in [-0.25, -0.2) is 4.79 Å². The zero-order chi connectivity index (χ0) is 16.5. The van der Waals surface area contributed by atoms with Gasteiger partial charge in [-0.1, -0.05) is 0 Å². The van der Waals surface area contributed by atoms with Crippen LogP contribution in [-0.4, -0.2) is 45.3 Å². The molecule has 23 heavy (non-hydrogen) atoms. The van der Waals surface area contributed by atoms with Crippen LogP contribution in [0, 0.1) is 23.7 Å². The maximum absolute atomic E-state index is 12.7. The highest BCUT2D eigenvalue weighted by Crippen LogP contribution is 2.56. The second-order valence-corrected chi connectivity index (χ2v) is 6.46. The van der Waals surface area contributed by atoms with Gasteiger partial charge in [0.2, 0.25) is 11.8 Å². The van der Waals surface area contributed by atoms with Gasteiger partial charge in [0.25, 0.3) is 0 Å². The third kappa shape index (κ3) is 1.74. The Morgan fingerprint density at radius 3 is 1.87 bits per heavy atom. The van der Waals surface area contributed by atoms with Crippen LogP contribution >= 0.6 is 0 Å². The third-order valence-corrected chi connectivity index (χ3v) is 5.46. The minimum absolute atomic E-state index is 0.0685. The number of amides is 2. The molecule has 120 valence electrons. The van der Waals surface area contributed by atoms with Gasteiger partial charge >= 0.3 is 5.97 Å². The number of carboxylic acids is 1. The highest BCUT2D eigenvalue weighted by atomic mass is 16.4. The van der Waals surface area contributed by atoms with Gasteiger partial charge in [-0.05, 0) is 30.7 Å². The molecule has 5 unspecified atom stereocenters. The molecule has 2 saturated carbocycles. The summed E-state index contributed by atoms with van der Waals surface area (Å²) < 4.78 is 0. The summed E-state index contributed by atoms with van der Waals surface area (Å²) >= 11 is 0. The van der Waals surface area contributed by atoms with Crippen molar-refractivity contribution in [2.75, 3.05) is 4.90 Å². The largest absolute Gasteiger partial charge is 0.478 e. The smallest absolute Gasteiger partial charge is 0.335 e. The van der Waals surface area contributed by atoms with E-state index < -0.39 is 30.0 Å². The molecule has 1 saturated heterocycles. The Bertz CT molecular complexity index is 682. The van der Waals surface area contributed by atoms with E-state index in [1.54, 1.807) is 0 Å². The lowest BCUT2D eigenvalue weighted by atomic mass is 9.78. The summed E-state index contributed by atoms with van der Waals surface area (Å²) in [4.78, 5) is 37.3. The lowest BCUT2D eigenvalue weighted by Gasteiger charge is -2.29. The van der Waals surface area contributed by atoms with Gasteiger partial charge in [-0.2, -0.15) is 0 Å². The van der Waals surface area contributed by atoms with Gasteiger partial charge in [-0.15, -0.1) is 0 Å². The van der Waals surface area contributed by atoms with Crippen molar-refractivity contribution < 1.29 is 29.7 Å². The molecule has 1 aromatic rings. The van der Waals surface area contributed by atoms with Crippen LogP contribution in [0.15, 0.2) is 24.3 Å². The summed E-state index contributed by atoms with van der Waals surface area (Å²) in [6.45, 7) is 0. The summed E-state index contributed by atoms with van der Waals surface area (Å²) in [6.07, 6.45) is -1.44. The van der Waals surface area contributed by atoms with Gasteiger partial charge < -0.3 is 15.3 Å². The molecular weight excluding hydrogens is 302 g/mol. The van der Waals surface area contributed by atoms with E-state index in [1.165, 1.54) is 24.3 Å². The number of aromatic carboxylic acids is 1. The number of hydrogen-bond donors (Lipinski definition) is 3. The Morgan fingerprint density at radius 1 is 0.957 bits per heavy atom. The molecule has 0 aromatic heterocycles. The zero-order valence-corrected chi connectivity index (χ0v) is 12.0. The van der Waals surface area contributed by atoms with Crippen LogP contribution in [0.25, 0.3) is 0 Å². The Labute approximate surface area is 131 Å². The van der Waals surface area contributed by atoms with Gasteiger partial charge in [0.15, 0.2) is 0 Å². The van der Waals surface area contributed by atoms with Crippen LogP contribution in [-0.2, 0) is 9.59 Å². The van der Waals surface area contributed by atoms with E-state index in [0.29, 0.717) is 12.1 Å². The van der Waals surface area contributed by atoms with E-state index in [2.05, 4.69) is 0 Å². The first-order valence-corrected chi connectivity index (χ1v) is 7.49. The molecule has 1 heterocycles. The fourth-order valence-electron chi connectivity index (χ4n) is 4.44. The lowest BCUT2D eigenvalue weighted by molar-refractivity contribution is -0.129. The van der Waals surface area contributed by atoms with Crippen molar-refractivity contribution in [3.05, 3.63) is 29.8 Å². The Hall–Kier alpha value is -2.25. The van der Waals surface area contributed by atoms with E-state index in [9.17, 15) is 24.6 Å². The van der Waals surface area contributed by atoms with E-state index >= 15 is 0 Å². The van der Waals surface area contributed by atoms with Crippen LogP contribution in [0.3, 0.4) is 0 Å². The normalized spacial score (nSPS) is 38.3. The monoisotopic (exact) mass is 317 g/mol. The molecule has 0 radical (unpaired) electrons. The number of aliphatic hydroxyl groups excluding tert-OH is 2. The molecule has 7 heteroatoms. The number of aliphatic hydroxyl groups is 2. The molecule has 6 atom stereocenters. The quantitative estimate of drug-likeness (QED) is 0.654. The van der Waals surface area contributed by atoms with Gasteiger partial charge in [-0.3, -0.25) is 14.5 Å². The van der Waals surface area contributed by atoms with Gasteiger partial charge in [0.1, 0.15) is 0 Å². The second-order valence-electron chi connectivity index (χ2n) is 6.46. The number of carbonyl (C=O) groups is 3. The topological polar surface area (TPSA) is 115 Å². The second kappa shape index (κ2) is 4.62. The molecule has 2 bridgehead atoms. The first kappa shape index (κ1) is 14.3. The SMILES string of the molecule is O=C(O)c1ccc(N2C(=O)C3C4CC(C(O)C4O)[C@@H]3C2=O)cc1. The predicted octanol–water partition coefficient (Wildman–Crippen LogP) is -0.138. The number of fused-ring (bicyclic) bond motifs is 5. The van der Waals surface area contributed by atoms with Crippen LogP contribution in [0.5, 0.6) is 0 Å². The van der Waals surface area contributed by atoms with Crippen molar-refractivity contribution in [1.82, 2.24) is 0 Å². The van der Waals surface area contributed by atoms with E-state index in [-0.39, 0.29) is 29.2 Å². The molecule has 7 nitrogen and oxygen atoms in total. The highest BCUT2D eigenvalue weighted by molar-refractivity contribution is 6.22. The average molecular weight is 317 g/mol. The molecule has 2 aliphatic carbocycles. The number of hydrogen-bond acceptors (Lipinski definition) is 5. The van der Waals surface area contributed by atoms with Crippen LogP contribution < -0.4 is 4.90 Å². The lowest BCUT2D eigenvalue weighted by Crippen LogP contribution is -2.43. The van der Waals surface area contributed by atoms with Crippen molar-refractivity contribution >= 4 is 23.5 Å². The van der Waals surface area contributed by atoms with Gasteiger partial charge in [0.05, 0.1) is 35.3 Å². The van der Waals surface area contributed by atoms with E-state index in [0.717, 1.165) is 4.90 Å². The molecule has 4 rings (SSSR count). The van der Waals surface area contributed by atoms with E-state index in [4.69, 9.17) is 5.11 Å². The summed E-state index contributed by atoms with van der Waals surface area (Å²) in [5, 5.41) is 28.9. The average Bonchev–Trinajstić information content (AvgIpc) is 3.12. The maximum Gasteiger partial charge on any atom is 0.335 e. The fraction of sp³-hybridized carbons (Fsp3) is 0.438. The predicted molar refractivity (Wildman–Crippen MR) is 76.5 cm³/mol. The first-order chi connectivity index (χ1) is 10.9. The summed E-state index contributed by atoms with van der Waals surface area (Å²) in [6, 6.07) is 5.53. The van der Waals surface area contributed by atoms with Crippen LogP contribution in [0.4, 0.5) is 5.69 Å². The molecule has 3 aliphatic rings. The van der Waals surface area contributed by atoms with Crippen molar-refractivity contribution in [3.8, 4) is 0 Å². The molecule has 3 N–H and O–H groups in total. The van der Waals surface area contributed by atoms with Crippen LogP contribution in [0.2, 0.25) is 0 Å². The number of benzene rings is 1. The zero-order valence-electron chi connectivity index (χ0n) is 12.0. The molecular formula is C16H15NO6. The summed E-state index contributed by atoms with van der Waals surface area (Å²) in [7, 11) is 0. The Morgan fingerprint density at radius 2 is 1.43 bits per heavy atom. The standard InChI is InChI=1S/C16H15NO6/c18-12-8-5-9(13(12)19)11-10(8)14(20)17(15(11)21)7-3-1-6(2-4-7)16(22)23/h1-4,8-13,18-19H,5H2,(H,22,23)/t8?,9?,10-,11?,12?,13?/m0/s1. The molecule has 3 fully saturated rings. The Balaban J connectivity index is 1.68. The molecule has 1 aromatic carbocycles. The van der Waals surface area contributed by atoms with E-state index in [1.807, 2.05) is 0 Å². The van der Waals surface area contributed by atoms with Crippen molar-refractivity contribution in [1.29, 1.82) is 0 Å². The number of imide groups is 1. The number of carboxylic acid groups (broad SMARTS) is 1. The van der Waals surface area contributed by atoms with Gasteiger partial charge in [0, 0.05) is 11.8 Å². The molecule has 0 spiro atoms. The van der Waals surface area contributed by atoms with Crippen molar-refractivity contribution in [3.63, 3.8) is 0 Å². The number of anilines is 1. The minimum Gasteiger partial charge on any atom is -0.478 e. The minimum atomic E-state index is -1.09. The number of carbonyl (C=O) groups excluding carboxylic acids is 2. The number of nitrogens with zero attached hydrogens (tertiary/aromatic N) is 1. The van der Waals surface area contributed by atoms with Crippen LogP contribution in [0.1, 0.15) is 16.8 Å². The Kier molecular flexibility index (Phi) is 2.88. The number of rotatable bonds is 2. The maximum atomic E-state index is 12.7.